The monoisotopic (exact) mass is 216 g/mol. The molecule has 7 nitrogen and oxygen atoms in total. The summed E-state index contributed by atoms with van der Waals surface area (Å²) in [5, 5.41) is 26.7. The molecule has 0 aromatic carbocycles. The fraction of sp³-hybridized carbons (Fsp3) is 1.00. The molecule has 0 heterocycles. The summed E-state index contributed by atoms with van der Waals surface area (Å²) in [5.41, 5.74) is 0. The van der Waals surface area contributed by atoms with Crippen molar-refractivity contribution in [1.82, 2.24) is 0 Å². The Labute approximate surface area is 74.8 Å². The van der Waals surface area contributed by atoms with Gasteiger partial charge in [0.2, 0.25) is 0 Å². The van der Waals surface area contributed by atoms with Gasteiger partial charge in [0.25, 0.3) is 0 Å². The number of hydrogen-bond acceptors (Lipinski definition) is 5. The Hall–Kier alpha value is -0.0100. The van der Waals surface area contributed by atoms with Gasteiger partial charge in [-0.25, -0.2) is 4.57 Å². The predicted octanol–water partition coefficient (Wildman–Crippen LogP) is -1.80. The topological polar surface area (TPSA) is 127 Å². The molecule has 3 atom stereocenters. The van der Waals surface area contributed by atoms with Gasteiger partial charge >= 0.3 is 7.82 Å². The van der Waals surface area contributed by atoms with Crippen molar-refractivity contribution in [2.75, 3.05) is 6.61 Å². The molecule has 0 unspecified atom stereocenters. The van der Waals surface area contributed by atoms with Crippen LogP contribution in [0.15, 0.2) is 0 Å². The minimum atomic E-state index is -4.64. The lowest BCUT2D eigenvalue weighted by Crippen LogP contribution is -2.38. The minimum absolute atomic E-state index is 0.740. The van der Waals surface area contributed by atoms with Crippen LogP contribution >= 0.6 is 7.82 Å². The maximum Gasteiger partial charge on any atom is 0.469 e. The van der Waals surface area contributed by atoms with Crippen LogP contribution in [-0.2, 0) is 9.09 Å². The summed E-state index contributed by atoms with van der Waals surface area (Å²) >= 11 is 0. The van der Waals surface area contributed by atoms with Gasteiger partial charge < -0.3 is 25.1 Å². The van der Waals surface area contributed by atoms with Crippen LogP contribution in [-0.4, -0.2) is 50.0 Å². The molecule has 5 N–H and O–H groups in total. The van der Waals surface area contributed by atoms with Crippen LogP contribution in [0.4, 0.5) is 0 Å². The Morgan fingerprint density at radius 2 is 1.77 bits per heavy atom. The molecule has 0 aliphatic rings. The molecular formula is C5H13O7P. The Morgan fingerprint density at radius 3 is 2.08 bits per heavy atom. The maximum atomic E-state index is 10.1. The van der Waals surface area contributed by atoms with E-state index < -0.39 is 32.7 Å². The zero-order chi connectivity index (χ0) is 10.6. The van der Waals surface area contributed by atoms with Crippen LogP contribution in [0.25, 0.3) is 0 Å². The minimum Gasteiger partial charge on any atom is -0.391 e. The molecule has 0 aliphatic heterocycles. The zero-order valence-corrected chi connectivity index (χ0v) is 7.83. The fourth-order valence-electron chi connectivity index (χ4n) is 0.594. The van der Waals surface area contributed by atoms with Crippen LogP contribution in [0.1, 0.15) is 6.92 Å². The van der Waals surface area contributed by atoms with Crippen molar-refractivity contribution in [3.8, 4) is 0 Å². The lowest BCUT2D eigenvalue weighted by molar-refractivity contribution is -0.0689. The van der Waals surface area contributed by atoms with E-state index in [1.54, 1.807) is 0 Å². The van der Waals surface area contributed by atoms with Crippen molar-refractivity contribution in [2.45, 2.75) is 25.2 Å². The largest absolute Gasteiger partial charge is 0.469 e. The van der Waals surface area contributed by atoms with Crippen molar-refractivity contribution >= 4 is 7.82 Å². The second-order valence-corrected chi connectivity index (χ2v) is 3.82. The molecule has 0 rings (SSSR count). The Balaban J connectivity index is 3.88. The molecule has 0 fully saturated rings. The first-order valence-electron chi connectivity index (χ1n) is 3.48. The van der Waals surface area contributed by atoms with E-state index in [1.165, 1.54) is 6.92 Å². The summed E-state index contributed by atoms with van der Waals surface area (Å²) in [6.45, 7) is 0.488. The molecule has 8 heteroatoms. The smallest absolute Gasteiger partial charge is 0.391 e. The Kier molecular flexibility index (Phi) is 5.01. The first-order chi connectivity index (χ1) is 5.74. The standard InChI is InChI=1S/C5H13O7P/c1-3(6)5(8)4(7)2-12-13(9,10)11/h3-8H,2H2,1H3,(H2,9,10,11)/t3-,4-,5-/m1/s1. The van der Waals surface area contributed by atoms with Gasteiger partial charge in [-0.15, -0.1) is 0 Å². The normalized spacial score (nSPS) is 19.5. The Bertz CT molecular complexity index is 187. The van der Waals surface area contributed by atoms with Crippen LogP contribution in [0.5, 0.6) is 0 Å². The molecule has 0 aromatic heterocycles. The average molecular weight is 216 g/mol. The predicted molar refractivity (Wildman–Crippen MR) is 41.7 cm³/mol. The van der Waals surface area contributed by atoms with Crippen LogP contribution in [0.3, 0.4) is 0 Å². The molecule has 0 aliphatic carbocycles. The van der Waals surface area contributed by atoms with Crippen LogP contribution in [0, 0.1) is 0 Å². The third-order valence-corrected chi connectivity index (χ3v) is 1.79. The SMILES string of the molecule is C[C@@H](O)[C@@H](O)[C@H](O)COP(=O)(O)O. The fourth-order valence-corrected chi connectivity index (χ4v) is 0.940. The van der Waals surface area contributed by atoms with E-state index >= 15 is 0 Å². The summed E-state index contributed by atoms with van der Waals surface area (Å²) in [5.74, 6) is 0. The van der Waals surface area contributed by atoms with E-state index in [0.29, 0.717) is 0 Å². The molecular weight excluding hydrogens is 203 g/mol. The molecule has 0 saturated carbocycles. The van der Waals surface area contributed by atoms with E-state index in [9.17, 15) is 4.57 Å². The van der Waals surface area contributed by atoms with E-state index in [1.807, 2.05) is 0 Å². The molecule has 0 spiro atoms. The van der Waals surface area contributed by atoms with Crippen molar-refractivity contribution in [2.24, 2.45) is 0 Å². The highest BCUT2D eigenvalue weighted by Gasteiger charge is 2.24. The zero-order valence-electron chi connectivity index (χ0n) is 6.94. The lowest BCUT2D eigenvalue weighted by atomic mass is 10.1. The first-order valence-corrected chi connectivity index (χ1v) is 5.01. The summed E-state index contributed by atoms with van der Waals surface area (Å²) < 4.78 is 14.1. The highest BCUT2D eigenvalue weighted by Crippen LogP contribution is 2.35. The van der Waals surface area contributed by atoms with Crippen molar-refractivity contribution in [3.63, 3.8) is 0 Å². The van der Waals surface area contributed by atoms with Gasteiger partial charge in [-0.3, -0.25) is 4.52 Å². The molecule has 0 radical (unpaired) electrons. The van der Waals surface area contributed by atoms with E-state index in [-0.39, 0.29) is 0 Å². The third-order valence-electron chi connectivity index (χ3n) is 1.30. The summed E-state index contributed by atoms with van der Waals surface area (Å²) in [6, 6.07) is 0. The third kappa shape index (κ3) is 6.11. The van der Waals surface area contributed by atoms with Crippen molar-refractivity contribution in [3.05, 3.63) is 0 Å². The Morgan fingerprint density at radius 1 is 1.31 bits per heavy atom. The summed E-state index contributed by atoms with van der Waals surface area (Å²) in [7, 11) is -4.64. The maximum absolute atomic E-state index is 10.1. The number of aliphatic hydroxyl groups excluding tert-OH is 3. The first kappa shape index (κ1) is 13.0. The van der Waals surface area contributed by atoms with Crippen molar-refractivity contribution in [1.29, 1.82) is 0 Å². The van der Waals surface area contributed by atoms with Gasteiger partial charge in [0.05, 0.1) is 12.7 Å². The van der Waals surface area contributed by atoms with Gasteiger partial charge in [0.1, 0.15) is 12.2 Å². The van der Waals surface area contributed by atoms with Gasteiger partial charge in [0, 0.05) is 0 Å². The molecule has 80 valence electrons. The number of rotatable bonds is 5. The van der Waals surface area contributed by atoms with Crippen molar-refractivity contribution < 1.29 is 34.2 Å². The average Bonchev–Trinajstić information content (AvgIpc) is 1.97. The number of phosphoric ester groups is 1. The number of phosphoric acid groups is 1. The van der Waals surface area contributed by atoms with Crippen LogP contribution < -0.4 is 0 Å². The van der Waals surface area contributed by atoms with Crippen LogP contribution in [0.2, 0.25) is 0 Å². The molecule has 13 heavy (non-hydrogen) atoms. The molecule has 0 amide bonds. The van der Waals surface area contributed by atoms with Gasteiger partial charge in [-0.05, 0) is 6.92 Å². The highest BCUT2D eigenvalue weighted by molar-refractivity contribution is 7.46. The molecule has 0 aromatic rings. The number of hydrogen-bond donors (Lipinski definition) is 5. The van der Waals surface area contributed by atoms with E-state index in [0.717, 1.165) is 0 Å². The van der Waals surface area contributed by atoms with Gasteiger partial charge in [-0.2, -0.15) is 0 Å². The van der Waals surface area contributed by atoms with E-state index in [2.05, 4.69) is 4.52 Å². The second-order valence-electron chi connectivity index (χ2n) is 2.58. The lowest BCUT2D eigenvalue weighted by Gasteiger charge is -2.19. The molecule has 0 bridgehead atoms. The second kappa shape index (κ2) is 5.02. The van der Waals surface area contributed by atoms with Gasteiger partial charge in [0.15, 0.2) is 0 Å². The molecule has 0 saturated heterocycles. The number of aliphatic hydroxyl groups is 3. The van der Waals surface area contributed by atoms with E-state index in [4.69, 9.17) is 25.1 Å². The van der Waals surface area contributed by atoms with Gasteiger partial charge in [-0.1, -0.05) is 0 Å². The summed E-state index contributed by atoms with van der Waals surface area (Å²) in [6.07, 6.45) is -4.23. The highest BCUT2D eigenvalue weighted by atomic mass is 31.2. The summed E-state index contributed by atoms with van der Waals surface area (Å²) in [4.78, 5) is 16.4. The quantitative estimate of drug-likeness (QED) is 0.343.